The molecular weight excluding hydrogens is 218 g/mol. The molecule has 0 bridgehead atoms. The number of halogens is 1. The molecule has 1 atom stereocenters. The van der Waals surface area contributed by atoms with Crippen LogP contribution in [0.15, 0.2) is 10.9 Å². The molecule has 0 aliphatic carbocycles. The van der Waals surface area contributed by atoms with Crippen LogP contribution in [0.1, 0.15) is 24.5 Å². The van der Waals surface area contributed by atoms with E-state index >= 15 is 0 Å². The summed E-state index contributed by atoms with van der Waals surface area (Å²) in [5.74, 6) is 0.512. The van der Waals surface area contributed by atoms with E-state index in [2.05, 4.69) is 25.5 Å². The molecule has 0 aromatic carbocycles. The van der Waals surface area contributed by atoms with E-state index in [0.717, 1.165) is 17.8 Å². The van der Waals surface area contributed by atoms with Crippen molar-refractivity contribution in [2.24, 2.45) is 5.73 Å². The van der Waals surface area contributed by atoms with Gasteiger partial charge in [0.05, 0.1) is 0 Å². The fourth-order valence-corrected chi connectivity index (χ4v) is 2.28. The lowest BCUT2D eigenvalue weighted by Crippen LogP contribution is -2.21. The van der Waals surface area contributed by atoms with Crippen LogP contribution in [-0.2, 0) is 6.54 Å². The fourth-order valence-electron chi connectivity index (χ4n) is 1.79. The van der Waals surface area contributed by atoms with Gasteiger partial charge in [-0.25, -0.2) is 4.98 Å². The fraction of sp³-hybridized carbons (Fsp3) is 0.625. The van der Waals surface area contributed by atoms with E-state index in [-0.39, 0.29) is 0 Å². The molecule has 4 heteroatoms. The van der Waals surface area contributed by atoms with E-state index in [4.69, 9.17) is 5.73 Å². The van der Waals surface area contributed by atoms with E-state index in [1.54, 1.807) is 0 Å². The van der Waals surface area contributed by atoms with Gasteiger partial charge in [-0.05, 0) is 28.8 Å². The molecule has 1 aliphatic heterocycles. The van der Waals surface area contributed by atoms with E-state index in [9.17, 15) is 0 Å². The third-order valence-corrected chi connectivity index (χ3v) is 3.11. The van der Waals surface area contributed by atoms with Crippen molar-refractivity contribution in [3.05, 3.63) is 16.6 Å². The zero-order valence-electron chi connectivity index (χ0n) is 6.83. The topological polar surface area (TPSA) is 43.8 Å². The normalized spacial score (nSPS) is 22.3. The number of imidazole rings is 1. The lowest BCUT2D eigenvalue weighted by Gasteiger charge is -2.22. The average Bonchev–Trinajstić information content (AvgIpc) is 2.48. The molecule has 1 aliphatic rings. The van der Waals surface area contributed by atoms with Crippen LogP contribution in [0, 0.1) is 0 Å². The molecule has 0 amide bonds. The van der Waals surface area contributed by atoms with Crippen molar-refractivity contribution >= 4 is 15.9 Å². The van der Waals surface area contributed by atoms with Gasteiger partial charge in [0.2, 0.25) is 0 Å². The smallest absolute Gasteiger partial charge is 0.177 e. The number of hydrogen-bond acceptors (Lipinski definition) is 2. The van der Waals surface area contributed by atoms with Crippen LogP contribution in [0.3, 0.4) is 0 Å². The molecule has 1 aromatic rings. The Morgan fingerprint density at radius 2 is 2.58 bits per heavy atom. The van der Waals surface area contributed by atoms with Crippen LogP contribution >= 0.6 is 15.9 Å². The Morgan fingerprint density at radius 3 is 3.33 bits per heavy atom. The van der Waals surface area contributed by atoms with E-state index in [1.807, 2.05) is 6.20 Å². The van der Waals surface area contributed by atoms with E-state index in [0.29, 0.717) is 5.92 Å². The van der Waals surface area contributed by atoms with Crippen molar-refractivity contribution in [2.75, 3.05) is 6.54 Å². The molecule has 1 unspecified atom stereocenters. The maximum absolute atomic E-state index is 5.67. The van der Waals surface area contributed by atoms with Crippen molar-refractivity contribution < 1.29 is 0 Å². The minimum Gasteiger partial charge on any atom is -0.330 e. The minimum absolute atomic E-state index is 0.512. The molecule has 0 saturated heterocycles. The van der Waals surface area contributed by atoms with Gasteiger partial charge in [0.15, 0.2) is 4.73 Å². The monoisotopic (exact) mass is 229 g/mol. The lowest BCUT2D eigenvalue weighted by molar-refractivity contribution is 0.454. The Hall–Kier alpha value is -0.350. The SMILES string of the molecule is NCC1CCCn2c1cnc2Br. The summed E-state index contributed by atoms with van der Waals surface area (Å²) >= 11 is 3.42. The molecule has 12 heavy (non-hydrogen) atoms. The summed E-state index contributed by atoms with van der Waals surface area (Å²) in [6.07, 6.45) is 4.35. The summed E-state index contributed by atoms with van der Waals surface area (Å²) in [7, 11) is 0. The molecule has 0 saturated carbocycles. The summed E-state index contributed by atoms with van der Waals surface area (Å²) in [6, 6.07) is 0. The van der Waals surface area contributed by atoms with Gasteiger partial charge < -0.3 is 10.3 Å². The Morgan fingerprint density at radius 1 is 1.75 bits per heavy atom. The summed E-state index contributed by atoms with van der Waals surface area (Å²) in [6.45, 7) is 1.81. The second-order valence-corrected chi connectivity index (χ2v) is 3.89. The maximum atomic E-state index is 5.67. The molecule has 0 radical (unpaired) electrons. The highest BCUT2D eigenvalue weighted by Crippen LogP contribution is 2.28. The number of rotatable bonds is 1. The van der Waals surface area contributed by atoms with Crippen molar-refractivity contribution in [1.82, 2.24) is 9.55 Å². The van der Waals surface area contributed by atoms with E-state index in [1.165, 1.54) is 18.5 Å². The number of nitrogens with two attached hydrogens (primary N) is 1. The van der Waals surface area contributed by atoms with Gasteiger partial charge in [-0.2, -0.15) is 0 Å². The first-order chi connectivity index (χ1) is 5.83. The van der Waals surface area contributed by atoms with Gasteiger partial charge >= 0.3 is 0 Å². The first kappa shape index (κ1) is 8.26. The molecule has 1 aromatic heterocycles. The van der Waals surface area contributed by atoms with Crippen molar-refractivity contribution in [2.45, 2.75) is 25.3 Å². The molecule has 66 valence electrons. The molecular formula is C8H12BrN3. The number of fused-ring (bicyclic) bond motifs is 1. The molecule has 2 heterocycles. The maximum Gasteiger partial charge on any atom is 0.177 e. The van der Waals surface area contributed by atoms with Gasteiger partial charge in [-0.15, -0.1) is 0 Å². The third kappa shape index (κ3) is 1.19. The Bertz CT molecular complexity index is 282. The first-order valence-corrected chi connectivity index (χ1v) is 5.03. The zero-order chi connectivity index (χ0) is 8.55. The average molecular weight is 230 g/mol. The highest BCUT2D eigenvalue weighted by Gasteiger charge is 2.20. The number of nitrogens with zero attached hydrogens (tertiary/aromatic N) is 2. The summed E-state index contributed by atoms with van der Waals surface area (Å²) in [5, 5.41) is 0. The third-order valence-electron chi connectivity index (χ3n) is 2.47. The van der Waals surface area contributed by atoms with Gasteiger partial charge in [0.25, 0.3) is 0 Å². The van der Waals surface area contributed by atoms with Gasteiger partial charge in [-0.1, -0.05) is 0 Å². The predicted molar refractivity (Wildman–Crippen MR) is 51.0 cm³/mol. The highest BCUT2D eigenvalue weighted by atomic mass is 79.9. The minimum atomic E-state index is 0.512. The Balaban J connectivity index is 2.38. The molecule has 2 rings (SSSR count). The van der Waals surface area contributed by atoms with Crippen molar-refractivity contribution in [3.8, 4) is 0 Å². The summed E-state index contributed by atoms with van der Waals surface area (Å²) in [5.41, 5.74) is 6.96. The number of hydrogen-bond donors (Lipinski definition) is 1. The van der Waals surface area contributed by atoms with Crippen LogP contribution in [0.25, 0.3) is 0 Å². The largest absolute Gasteiger partial charge is 0.330 e. The van der Waals surface area contributed by atoms with Crippen LogP contribution in [0.4, 0.5) is 0 Å². The molecule has 0 spiro atoms. The van der Waals surface area contributed by atoms with Crippen LogP contribution in [0.5, 0.6) is 0 Å². The van der Waals surface area contributed by atoms with E-state index < -0.39 is 0 Å². The number of aromatic nitrogens is 2. The predicted octanol–water partition coefficient (Wildman–Crippen LogP) is 1.48. The standard InChI is InChI=1S/C8H12BrN3/c9-8-11-5-7-6(4-10)2-1-3-12(7)8/h5-6H,1-4,10H2. The van der Waals surface area contributed by atoms with Crippen LogP contribution in [-0.4, -0.2) is 16.1 Å². The highest BCUT2D eigenvalue weighted by molar-refractivity contribution is 9.10. The van der Waals surface area contributed by atoms with Crippen molar-refractivity contribution in [1.29, 1.82) is 0 Å². The van der Waals surface area contributed by atoms with Crippen molar-refractivity contribution in [3.63, 3.8) is 0 Å². The summed E-state index contributed by atoms with van der Waals surface area (Å²) in [4.78, 5) is 4.22. The Kier molecular flexibility index (Phi) is 2.19. The lowest BCUT2D eigenvalue weighted by atomic mass is 9.97. The van der Waals surface area contributed by atoms with Crippen LogP contribution < -0.4 is 5.73 Å². The van der Waals surface area contributed by atoms with Gasteiger partial charge in [0.1, 0.15) is 0 Å². The second-order valence-electron chi connectivity index (χ2n) is 3.18. The van der Waals surface area contributed by atoms with Crippen LogP contribution in [0.2, 0.25) is 0 Å². The Labute approximate surface area is 80.1 Å². The molecule has 3 nitrogen and oxygen atoms in total. The quantitative estimate of drug-likeness (QED) is 0.794. The zero-order valence-corrected chi connectivity index (χ0v) is 8.42. The second kappa shape index (κ2) is 3.18. The summed E-state index contributed by atoms with van der Waals surface area (Å²) < 4.78 is 3.15. The van der Waals surface area contributed by atoms with Gasteiger partial charge in [-0.3, -0.25) is 0 Å². The van der Waals surface area contributed by atoms with Gasteiger partial charge in [0, 0.05) is 30.9 Å². The molecule has 2 N–H and O–H groups in total. The molecule has 0 fully saturated rings. The first-order valence-electron chi connectivity index (χ1n) is 4.24.